The predicted octanol–water partition coefficient (Wildman–Crippen LogP) is 3.15. The van der Waals surface area contributed by atoms with Crippen molar-refractivity contribution in [3.05, 3.63) is 53.6 Å². The molecule has 28 heavy (non-hydrogen) atoms. The molecule has 0 aliphatic carbocycles. The summed E-state index contributed by atoms with van der Waals surface area (Å²) in [6, 6.07) is 12.7. The second-order valence-corrected chi connectivity index (χ2v) is 6.57. The number of carbonyl (C=O) groups excluding carboxylic acids is 2. The van der Waals surface area contributed by atoms with Gasteiger partial charge in [0.1, 0.15) is 11.5 Å². The van der Waals surface area contributed by atoms with Gasteiger partial charge in [-0.2, -0.15) is 0 Å². The molecule has 0 fully saturated rings. The Morgan fingerprint density at radius 3 is 2.82 bits per heavy atom. The van der Waals surface area contributed by atoms with Crippen molar-refractivity contribution in [1.29, 1.82) is 0 Å². The van der Waals surface area contributed by atoms with E-state index in [1.165, 1.54) is 0 Å². The first-order valence-corrected chi connectivity index (χ1v) is 9.27. The minimum absolute atomic E-state index is 0.0969. The Balaban J connectivity index is 1.86. The highest BCUT2D eigenvalue weighted by atomic mass is 16.5. The van der Waals surface area contributed by atoms with E-state index in [2.05, 4.69) is 10.6 Å². The van der Waals surface area contributed by atoms with E-state index in [-0.39, 0.29) is 11.9 Å². The molecule has 0 spiro atoms. The van der Waals surface area contributed by atoms with Crippen LogP contribution in [0, 0.1) is 0 Å². The Morgan fingerprint density at radius 1 is 1.29 bits per heavy atom. The van der Waals surface area contributed by atoms with Crippen molar-refractivity contribution in [3.63, 3.8) is 0 Å². The van der Waals surface area contributed by atoms with Gasteiger partial charge < -0.3 is 25.0 Å². The van der Waals surface area contributed by atoms with Gasteiger partial charge in [-0.15, -0.1) is 0 Å². The zero-order valence-electron chi connectivity index (χ0n) is 16.3. The van der Waals surface area contributed by atoms with E-state index >= 15 is 0 Å². The van der Waals surface area contributed by atoms with E-state index in [1.54, 1.807) is 31.1 Å². The van der Waals surface area contributed by atoms with Crippen LogP contribution in [0.25, 0.3) is 0 Å². The van der Waals surface area contributed by atoms with Crippen LogP contribution in [0.3, 0.4) is 0 Å². The smallest absolute Gasteiger partial charge is 0.319 e. The van der Waals surface area contributed by atoms with Crippen LogP contribution in [0.1, 0.15) is 25.0 Å². The second kappa shape index (κ2) is 8.65. The Labute approximate surface area is 164 Å². The normalized spacial score (nSPS) is 15.9. The maximum atomic E-state index is 12.8. The number of fused-ring (bicyclic) bond motifs is 1. The van der Waals surface area contributed by atoms with Crippen molar-refractivity contribution < 1.29 is 19.1 Å². The largest absolute Gasteiger partial charge is 0.496 e. The van der Waals surface area contributed by atoms with E-state index < -0.39 is 6.10 Å². The lowest BCUT2D eigenvalue weighted by molar-refractivity contribution is -0.138. The monoisotopic (exact) mass is 383 g/mol. The molecule has 1 aliphatic heterocycles. The van der Waals surface area contributed by atoms with Gasteiger partial charge in [-0.1, -0.05) is 18.2 Å². The number of methoxy groups -OCH3 is 1. The van der Waals surface area contributed by atoms with Gasteiger partial charge in [-0.25, -0.2) is 4.79 Å². The van der Waals surface area contributed by atoms with Gasteiger partial charge in [-0.05, 0) is 38.1 Å². The van der Waals surface area contributed by atoms with Gasteiger partial charge in [0, 0.05) is 36.4 Å². The summed E-state index contributed by atoms with van der Waals surface area (Å²) in [6.07, 6.45) is -0.599. The number of benzene rings is 2. The zero-order chi connectivity index (χ0) is 20.1. The van der Waals surface area contributed by atoms with Crippen molar-refractivity contribution in [2.75, 3.05) is 19.0 Å². The summed E-state index contributed by atoms with van der Waals surface area (Å²) in [5.74, 6) is 1.28. The van der Waals surface area contributed by atoms with Crippen molar-refractivity contribution in [3.8, 4) is 11.5 Å². The molecule has 1 aliphatic rings. The minimum Gasteiger partial charge on any atom is -0.496 e. The highest BCUT2D eigenvalue weighted by Gasteiger charge is 2.28. The fraction of sp³-hybridized carbons (Fsp3) is 0.333. The summed E-state index contributed by atoms with van der Waals surface area (Å²) < 4.78 is 11.3. The van der Waals surface area contributed by atoms with Crippen molar-refractivity contribution in [1.82, 2.24) is 10.2 Å². The first-order chi connectivity index (χ1) is 13.5. The molecule has 0 saturated heterocycles. The van der Waals surface area contributed by atoms with Crippen LogP contribution in [0.4, 0.5) is 10.5 Å². The molecule has 148 valence electrons. The van der Waals surface area contributed by atoms with Gasteiger partial charge >= 0.3 is 6.03 Å². The maximum Gasteiger partial charge on any atom is 0.319 e. The summed E-state index contributed by atoms with van der Waals surface area (Å²) in [5, 5.41) is 5.48. The van der Waals surface area contributed by atoms with Crippen molar-refractivity contribution in [2.24, 2.45) is 0 Å². The van der Waals surface area contributed by atoms with Crippen molar-refractivity contribution >= 4 is 17.6 Å². The Kier molecular flexibility index (Phi) is 6.03. The fourth-order valence-electron chi connectivity index (χ4n) is 3.19. The van der Waals surface area contributed by atoms with E-state index in [4.69, 9.17) is 9.47 Å². The summed E-state index contributed by atoms with van der Waals surface area (Å²) in [7, 11) is 1.61. The molecule has 3 rings (SSSR count). The second-order valence-electron chi connectivity index (χ2n) is 6.57. The third kappa shape index (κ3) is 4.36. The number of hydrogen-bond donors (Lipinski definition) is 2. The van der Waals surface area contributed by atoms with Crippen LogP contribution < -0.4 is 20.1 Å². The summed E-state index contributed by atoms with van der Waals surface area (Å²) >= 11 is 0. The number of nitrogens with zero attached hydrogens (tertiary/aromatic N) is 1. The highest BCUT2D eigenvalue weighted by Crippen LogP contribution is 2.30. The molecule has 7 nitrogen and oxygen atoms in total. The summed E-state index contributed by atoms with van der Waals surface area (Å²) in [6.45, 7) is 4.92. The molecule has 2 aromatic rings. The highest BCUT2D eigenvalue weighted by molar-refractivity contribution is 5.89. The Bertz CT molecular complexity index is 868. The SMILES string of the molecule is CCNC(=O)Nc1ccc2c(c1)CN(Cc1ccccc1OC)C(=O)[C@H](C)O2. The number of amides is 3. The number of para-hydroxylation sites is 1. The molecule has 0 unspecified atom stereocenters. The van der Waals surface area contributed by atoms with E-state index in [0.717, 1.165) is 16.9 Å². The number of urea groups is 1. The van der Waals surface area contributed by atoms with Crippen LogP contribution in [-0.2, 0) is 17.9 Å². The molecule has 0 radical (unpaired) electrons. The molecule has 7 heteroatoms. The third-order valence-electron chi connectivity index (χ3n) is 4.53. The predicted molar refractivity (Wildman–Crippen MR) is 106 cm³/mol. The minimum atomic E-state index is -0.599. The Hall–Kier alpha value is -3.22. The molecule has 1 heterocycles. The Morgan fingerprint density at radius 2 is 2.07 bits per heavy atom. The molecule has 2 N–H and O–H groups in total. The van der Waals surface area contributed by atoms with Gasteiger partial charge in [0.15, 0.2) is 6.10 Å². The average molecular weight is 383 g/mol. The van der Waals surface area contributed by atoms with Crippen LogP contribution in [0.5, 0.6) is 11.5 Å². The first-order valence-electron chi connectivity index (χ1n) is 9.27. The lowest BCUT2D eigenvalue weighted by Crippen LogP contribution is -2.37. The van der Waals surface area contributed by atoms with Gasteiger partial charge in [0.25, 0.3) is 5.91 Å². The van der Waals surface area contributed by atoms with Crippen LogP contribution in [0.2, 0.25) is 0 Å². The zero-order valence-corrected chi connectivity index (χ0v) is 16.3. The number of ether oxygens (including phenoxy) is 2. The van der Waals surface area contributed by atoms with Crippen LogP contribution >= 0.6 is 0 Å². The quantitative estimate of drug-likeness (QED) is 0.831. The molecule has 0 saturated carbocycles. The average Bonchev–Trinajstić information content (AvgIpc) is 2.79. The summed E-state index contributed by atoms with van der Waals surface area (Å²) in [4.78, 5) is 26.4. The van der Waals surface area contributed by atoms with E-state index in [1.807, 2.05) is 37.3 Å². The molecular weight excluding hydrogens is 358 g/mol. The lowest BCUT2D eigenvalue weighted by atomic mass is 10.1. The molecule has 0 bridgehead atoms. The number of carbonyl (C=O) groups is 2. The molecule has 3 amide bonds. The van der Waals surface area contributed by atoms with Gasteiger partial charge in [0.05, 0.1) is 7.11 Å². The molecular formula is C21H25N3O4. The van der Waals surface area contributed by atoms with Crippen molar-refractivity contribution in [2.45, 2.75) is 33.0 Å². The van der Waals surface area contributed by atoms with Gasteiger partial charge in [0.2, 0.25) is 0 Å². The standard InChI is InChI=1S/C21H25N3O4/c1-4-22-21(26)23-17-9-10-19-16(11-17)13-24(20(25)14(2)28-19)12-15-7-5-6-8-18(15)27-3/h5-11,14H,4,12-13H2,1-3H3,(H2,22,23,26)/t14-/m0/s1. The van der Waals surface area contributed by atoms with Gasteiger partial charge in [-0.3, -0.25) is 4.79 Å². The molecule has 2 aromatic carbocycles. The molecule has 1 atom stereocenters. The van der Waals surface area contributed by atoms with E-state index in [9.17, 15) is 9.59 Å². The summed E-state index contributed by atoms with van der Waals surface area (Å²) in [5.41, 5.74) is 2.40. The maximum absolute atomic E-state index is 12.8. The number of hydrogen-bond acceptors (Lipinski definition) is 4. The fourth-order valence-corrected chi connectivity index (χ4v) is 3.19. The first kappa shape index (κ1) is 19.5. The topological polar surface area (TPSA) is 79.9 Å². The molecule has 0 aromatic heterocycles. The number of anilines is 1. The van der Waals surface area contributed by atoms with Crippen LogP contribution in [-0.4, -0.2) is 36.6 Å². The van der Waals surface area contributed by atoms with E-state index in [0.29, 0.717) is 31.1 Å². The third-order valence-corrected chi connectivity index (χ3v) is 4.53. The lowest BCUT2D eigenvalue weighted by Gasteiger charge is -2.23. The van der Waals surface area contributed by atoms with Crippen LogP contribution in [0.15, 0.2) is 42.5 Å². The number of rotatable bonds is 5. The number of nitrogens with one attached hydrogen (secondary N) is 2.